The molecule has 26 heavy (non-hydrogen) atoms. The van der Waals surface area contributed by atoms with Crippen LogP contribution in [-0.4, -0.2) is 0 Å². The smallest absolute Gasteiger partial charge is 0.122 e. The van der Waals surface area contributed by atoms with Crippen LogP contribution in [0.15, 0.2) is 60.7 Å². The van der Waals surface area contributed by atoms with Crippen LogP contribution in [-0.2, 0) is 6.61 Å². The van der Waals surface area contributed by atoms with Crippen molar-refractivity contribution in [1.82, 2.24) is 0 Å². The Morgan fingerprint density at radius 1 is 0.654 bits per heavy atom. The van der Waals surface area contributed by atoms with E-state index in [4.69, 9.17) is 4.74 Å². The maximum Gasteiger partial charge on any atom is 0.122 e. The highest BCUT2D eigenvalue weighted by Gasteiger charge is 2.09. The van der Waals surface area contributed by atoms with Crippen molar-refractivity contribution in [3.05, 3.63) is 88.5 Å². The van der Waals surface area contributed by atoms with E-state index >= 15 is 0 Å². The SMILES string of the molecule is CC.Cc1ccc(OCc2cccc(-c3ccccc3)c2C)c(C)c1C. The summed E-state index contributed by atoms with van der Waals surface area (Å²) in [4.78, 5) is 0. The average Bonchev–Trinajstić information content (AvgIpc) is 2.69. The molecule has 1 nitrogen and oxygen atoms in total. The number of benzene rings is 3. The van der Waals surface area contributed by atoms with Crippen LogP contribution < -0.4 is 4.74 Å². The van der Waals surface area contributed by atoms with E-state index in [0.717, 1.165) is 5.75 Å². The second kappa shape index (κ2) is 9.24. The molecule has 3 aromatic rings. The minimum Gasteiger partial charge on any atom is -0.489 e. The molecule has 0 radical (unpaired) electrons. The molecule has 0 aliphatic carbocycles. The highest BCUT2D eigenvalue weighted by Crippen LogP contribution is 2.28. The Morgan fingerprint density at radius 3 is 2.04 bits per heavy atom. The number of ether oxygens (including phenoxy) is 1. The Kier molecular flexibility index (Phi) is 7.03. The molecule has 0 heterocycles. The number of aryl methyl sites for hydroxylation is 1. The van der Waals surface area contributed by atoms with Gasteiger partial charge < -0.3 is 4.74 Å². The quantitative estimate of drug-likeness (QED) is 0.485. The van der Waals surface area contributed by atoms with E-state index in [1.807, 2.05) is 19.9 Å². The molecule has 0 fully saturated rings. The molecule has 3 aromatic carbocycles. The number of rotatable bonds is 4. The Balaban J connectivity index is 0.00000117. The summed E-state index contributed by atoms with van der Waals surface area (Å²) in [5.41, 5.74) is 8.88. The van der Waals surface area contributed by atoms with Crippen molar-refractivity contribution in [2.75, 3.05) is 0 Å². The summed E-state index contributed by atoms with van der Waals surface area (Å²) in [6, 6.07) is 21.2. The van der Waals surface area contributed by atoms with Gasteiger partial charge in [0, 0.05) is 0 Å². The first-order valence-corrected chi connectivity index (χ1v) is 9.41. The first-order valence-electron chi connectivity index (χ1n) is 9.41. The molecule has 3 rings (SSSR count). The maximum absolute atomic E-state index is 6.13. The van der Waals surface area contributed by atoms with E-state index in [1.165, 1.54) is 38.9 Å². The molecule has 0 spiro atoms. The topological polar surface area (TPSA) is 9.23 Å². The van der Waals surface area contributed by atoms with E-state index in [0.29, 0.717) is 6.61 Å². The summed E-state index contributed by atoms with van der Waals surface area (Å²) in [6.07, 6.45) is 0. The highest BCUT2D eigenvalue weighted by atomic mass is 16.5. The number of hydrogen-bond donors (Lipinski definition) is 0. The first kappa shape index (κ1) is 19.8. The van der Waals surface area contributed by atoms with Gasteiger partial charge in [-0.05, 0) is 72.7 Å². The van der Waals surface area contributed by atoms with Gasteiger partial charge in [-0.2, -0.15) is 0 Å². The van der Waals surface area contributed by atoms with Gasteiger partial charge in [-0.1, -0.05) is 68.4 Å². The van der Waals surface area contributed by atoms with Gasteiger partial charge in [-0.3, -0.25) is 0 Å². The summed E-state index contributed by atoms with van der Waals surface area (Å²) in [5, 5.41) is 0. The van der Waals surface area contributed by atoms with E-state index in [9.17, 15) is 0 Å². The van der Waals surface area contributed by atoms with Crippen LogP contribution in [0.5, 0.6) is 5.75 Å². The van der Waals surface area contributed by atoms with Crippen molar-refractivity contribution in [2.24, 2.45) is 0 Å². The summed E-state index contributed by atoms with van der Waals surface area (Å²) >= 11 is 0. The monoisotopic (exact) mass is 346 g/mol. The third kappa shape index (κ3) is 4.35. The number of hydrogen-bond acceptors (Lipinski definition) is 1. The Labute approximate surface area is 158 Å². The normalized spacial score (nSPS) is 10.1. The van der Waals surface area contributed by atoms with E-state index in [1.54, 1.807) is 0 Å². The van der Waals surface area contributed by atoms with Gasteiger partial charge in [-0.15, -0.1) is 0 Å². The van der Waals surface area contributed by atoms with Crippen LogP contribution in [0, 0.1) is 27.7 Å². The molecule has 0 saturated carbocycles. The van der Waals surface area contributed by atoms with Crippen molar-refractivity contribution in [2.45, 2.75) is 48.1 Å². The van der Waals surface area contributed by atoms with Crippen molar-refractivity contribution in [3.8, 4) is 16.9 Å². The van der Waals surface area contributed by atoms with Crippen molar-refractivity contribution >= 4 is 0 Å². The standard InChI is InChI=1S/C23H24O.C2H6/c1-16-13-14-23(18(3)17(16)2)24-15-21-11-8-12-22(19(21)4)20-9-6-5-7-10-20;1-2/h5-14H,15H2,1-4H3;1-2H3. The first-order chi connectivity index (χ1) is 12.6. The third-order valence-electron chi connectivity index (χ3n) is 4.92. The van der Waals surface area contributed by atoms with Gasteiger partial charge in [0.05, 0.1) is 0 Å². The van der Waals surface area contributed by atoms with Gasteiger partial charge >= 0.3 is 0 Å². The Morgan fingerprint density at radius 2 is 1.35 bits per heavy atom. The second-order valence-electron chi connectivity index (χ2n) is 6.37. The zero-order chi connectivity index (χ0) is 19.1. The molecule has 0 bridgehead atoms. The zero-order valence-corrected chi connectivity index (χ0v) is 16.9. The van der Waals surface area contributed by atoms with Crippen LogP contribution in [0.25, 0.3) is 11.1 Å². The van der Waals surface area contributed by atoms with E-state index in [-0.39, 0.29) is 0 Å². The molecule has 136 valence electrons. The molecule has 0 aliphatic heterocycles. The predicted molar refractivity (Wildman–Crippen MR) is 113 cm³/mol. The molecule has 0 aromatic heterocycles. The lowest BCUT2D eigenvalue weighted by atomic mass is 9.97. The zero-order valence-electron chi connectivity index (χ0n) is 16.9. The van der Waals surface area contributed by atoms with Gasteiger partial charge in [-0.25, -0.2) is 0 Å². The van der Waals surface area contributed by atoms with Crippen LogP contribution in [0.4, 0.5) is 0 Å². The second-order valence-corrected chi connectivity index (χ2v) is 6.37. The van der Waals surface area contributed by atoms with Crippen LogP contribution >= 0.6 is 0 Å². The lowest BCUT2D eigenvalue weighted by Crippen LogP contribution is -2.01. The van der Waals surface area contributed by atoms with Crippen LogP contribution in [0.2, 0.25) is 0 Å². The minimum atomic E-state index is 0.593. The maximum atomic E-state index is 6.13. The molecular formula is C25H30O. The fourth-order valence-corrected chi connectivity index (χ4v) is 3.01. The Bertz CT molecular complexity index is 848. The van der Waals surface area contributed by atoms with Crippen molar-refractivity contribution in [3.63, 3.8) is 0 Å². The van der Waals surface area contributed by atoms with Gasteiger partial charge in [0.25, 0.3) is 0 Å². The molecule has 0 aliphatic rings. The molecular weight excluding hydrogens is 316 g/mol. The largest absolute Gasteiger partial charge is 0.489 e. The summed E-state index contributed by atoms with van der Waals surface area (Å²) in [5.74, 6) is 0.975. The average molecular weight is 347 g/mol. The lowest BCUT2D eigenvalue weighted by Gasteiger charge is -2.15. The Hall–Kier alpha value is -2.54. The molecule has 0 N–H and O–H groups in total. The van der Waals surface area contributed by atoms with Crippen molar-refractivity contribution in [1.29, 1.82) is 0 Å². The van der Waals surface area contributed by atoms with Gasteiger partial charge in [0.15, 0.2) is 0 Å². The van der Waals surface area contributed by atoms with E-state index in [2.05, 4.69) is 82.3 Å². The summed E-state index contributed by atoms with van der Waals surface area (Å²) in [7, 11) is 0. The van der Waals surface area contributed by atoms with Crippen LogP contribution in [0.3, 0.4) is 0 Å². The lowest BCUT2D eigenvalue weighted by molar-refractivity contribution is 0.303. The third-order valence-corrected chi connectivity index (χ3v) is 4.92. The molecule has 1 heteroatoms. The fourth-order valence-electron chi connectivity index (χ4n) is 3.01. The minimum absolute atomic E-state index is 0.593. The predicted octanol–water partition coefficient (Wildman–Crippen LogP) is 7.19. The van der Waals surface area contributed by atoms with Gasteiger partial charge in [0.2, 0.25) is 0 Å². The molecule has 0 saturated heterocycles. The van der Waals surface area contributed by atoms with Crippen molar-refractivity contribution < 1.29 is 4.74 Å². The van der Waals surface area contributed by atoms with Gasteiger partial charge in [0.1, 0.15) is 12.4 Å². The molecule has 0 unspecified atom stereocenters. The molecule has 0 amide bonds. The highest BCUT2D eigenvalue weighted by molar-refractivity contribution is 5.68. The van der Waals surface area contributed by atoms with E-state index < -0.39 is 0 Å². The summed E-state index contributed by atoms with van der Waals surface area (Å²) < 4.78 is 6.13. The summed E-state index contributed by atoms with van der Waals surface area (Å²) in [6.45, 7) is 13.2. The fraction of sp³-hybridized carbons (Fsp3) is 0.280. The molecule has 0 atom stereocenters. The van der Waals surface area contributed by atoms with Crippen LogP contribution in [0.1, 0.15) is 41.7 Å².